The fourth-order valence-corrected chi connectivity index (χ4v) is 4.11. The molecule has 2 aromatic carbocycles. The van der Waals surface area contributed by atoms with Gasteiger partial charge in [0, 0.05) is 11.8 Å². The molecular formula is C21H26N2O4S. The largest absolute Gasteiger partial charge is 0.489 e. The Morgan fingerprint density at radius 3 is 2.43 bits per heavy atom. The first-order valence-electron chi connectivity index (χ1n) is 8.84. The summed E-state index contributed by atoms with van der Waals surface area (Å²) < 4.78 is 31.5. The van der Waals surface area contributed by atoms with E-state index in [1.165, 1.54) is 0 Å². The standard InChI is InChI=1S/C21H26N2O4S/c1-6-10-27-20-9-7-8-18(14-20)22-21(24)17(4)23(28(5,25)26)19-12-15(2)11-16(3)13-19/h6-9,11-14,17H,1,10H2,2-5H3,(H,22,24)/t17-/m1/s1. The molecule has 0 aliphatic carbocycles. The Kier molecular flexibility index (Phi) is 6.85. The van der Waals surface area contributed by atoms with E-state index in [-0.39, 0.29) is 0 Å². The summed E-state index contributed by atoms with van der Waals surface area (Å²) in [4.78, 5) is 12.8. The number of amides is 1. The van der Waals surface area contributed by atoms with Crippen molar-refractivity contribution >= 4 is 27.3 Å². The van der Waals surface area contributed by atoms with Crippen molar-refractivity contribution in [2.75, 3.05) is 22.5 Å². The summed E-state index contributed by atoms with van der Waals surface area (Å²) in [6, 6.07) is 11.4. The van der Waals surface area contributed by atoms with E-state index >= 15 is 0 Å². The fourth-order valence-electron chi connectivity index (χ4n) is 2.95. The number of carbonyl (C=O) groups excluding carboxylic acids is 1. The van der Waals surface area contributed by atoms with Gasteiger partial charge in [0.05, 0.1) is 11.9 Å². The first kappa shape index (κ1) is 21.5. The average molecular weight is 403 g/mol. The third kappa shape index (κ3) is 5.60. The highest BCUT2D eigenvalue weighted by molar-refractivity contribution is 7.92. The molecule has 0 radical (unpaired) electrons. The number of ether oxygens (including phenoxy) is 1. The number of aryl methyl sites for hydroxylation is 2. The van der Waals surface area contributed by atoms with Gasteiger partial charge in [-0.3, -0.25) is 9.10 Å². The van der Waals surface area contributed by atoms with Crippen molar-refractivity contribution in [3.63, 3.8) is 0 Å². The first-order chi connectivity index (χ1) is 13.1. The van der Waals surface area contributed by atoms with Crippen LogP contribution in [0.1, 0.15) is 18.1 Å². The molecule has 0 aromatic heterocycles. The monoisotopic (exact) mass is 402 g/mol. The molecule has 0 aliphatic heterocycles. The molecule has 0 spiro atoms. The molecule has 0 heterocycles. The number of nitrogens with zero attached hydrogens (tertiary/aromatic N) is 1. The predicted octanol–water partition coefficient (Wildman–Crippen LogP) is 3.66. The molecule has 0 saturated heterocycles. The highest BCUT2D eigenvalue weighted by Gasteiger charge is 2.29. The second-order valence-electron chi connectivity index (χ2n) is 6.70. The summed E-state index contributed by atoms with van der Waals surface area (Å²) in [5, 5.41) is 2.76. The molecule has 7 heteroatoms. The Balaban J connectivity index is 2.28. The summed E-state index contributed by atoms with van der Waals surface area (Å²) in [6.07, 6.45) is 2.72. The lowest BCUT2D eigenvalue weighted by Gasteiger charge is -2.28. The van der Waals surface area contributed by atoms with Crippen LogP contribution in [0, 0.1) is 13.8 Å². The highest BCUT2D eigenvalue weighted by atomic mass is 32.2. The van der Waals surface area contributed by atoms with Crippen molar-refractivity contribution in [1.82, 2.24) is 0 Å². The molecule has 2 aromatic rings. The third-order valence-electron chi connectivity index (χ3n) is 4.02. The zero-order valence-electron chi connectivity index (χ0n) is 16.6. The summed E-state index contributed by atoms with van der Waals surface area (Å²) in [6.45, 7) is 9.28. The van der Waals surface area contributed by atoms with Gasteiger partial charge >= 0.3 is 0 Å². The minimum Gasteiger partial charge on any atom is -0.489 e. The fraction of sp³-hybridized carbons (Fsp3) is 0.286. The van der Waals surface area contributed by atoms with Crippen LogP contribution in [0.5, 0.6) is 5.75 Å². The van der Waals surface area contributed by atoms with E-state index in [1.807, 2.05) is 19.9 Å². The van der Waals surface area contributed by atoms with Crippen LogP contribution in [0.25, 0.3) is 0 Å². The second-order valence-corrected chi connectivity index (χ2v) is 8.56. The molecule has 0 unspecified atom stereocenters. The topological polar surface area (TPSA) is 75.7 Å². The number of nitrogens with one attached hydrogen (secondary N) is 1. The molecule has 2 rings (SSSR count). The maximum atomic E-state index is 12.8. The average Bonchev–Trinajstić information content (AvgIpc) is 2.58. The van der Waals surface area contributed by atoms with Gasteiger partial charge in [-0.15, -0.1) is 0 Å². The maximum absolute atomic E-state index is 12.8. The number of benzene rings is 2. The summed E-state index contributed by atoms with van der Waals surface area (Å²) >= 11 is 0. The molecule has 28 heavy (non-hydrogen) atoms. The molecule has 1 amide bonds. The van der Waals surface area contributed by atoms with Crippen LogP contribution in [0.3, 0.4) is 0 Å². The number of anilines is 2. The van der Waals surface area contributed by atoms with E-state index in [2.05, 4.69) is 11.9 Å². The first-order valence-corrected chi connectivity index (χ1v) is 10.7. The Hall–Kier alpha value is -2.80. The van der Waals surface area contributed by atoms with Gasteiger partial charge in [-0.25, -0.2) is 8.42 Å². The van der Waals surface area contributed by atoms with E-state index in [0.717, 1.165) is 21.7 Å². The Labute approximate surface area is 166 Å². The predicted molar refractivity (Wildman–Crippen MR) is 113 cm³/mol. The van der Waals surface area contributed by atoms with E-state index in [4.69, 9.17) is 4.74 Å². The molecule has 150 valence electrons. The Morgan fingerprint density at radius 2 is 1.86 bits per heavy atom. The van der Waals surface area contributed by atoms with E-state index in [9.17, 15) is 13.2 Å². The molecule has 0 bridgehead atoms. The van der Waals surface area contributed by atoms with Crippen LogP contribution in [0.2, 0.25) is 0 Å². The van der Waals surface area contributed by atoms with Gasteiger partial charge < -0.3 is 10.1 Å². The Bertz CT molecular complexity index is 950. The number of carbonyl (C=O) groups is 1. The van der Waals surface area contributed by atoms with Crippen molar-refractivity contribution in [1.29, 1.82) is 0 Å². The van der Waals surface area contributed by atoms with Gasteiger partial charge in [0.25, 0.3) is 0 Å². The molecule has 1 N–H and O–H groups in total. The lowest BCUT2D eigenvalue weighted by Crippen LogP contribution is -2.45. The van der Waals surface area contributed by atoms with Gasteiger partial charge in [0.2, 0.25) is 15.9 Å². The van der Waals surface area contributed by atoms with Gasteiger partial charge in [-0.1, -0.05) is 24.8 Å². The molecule has 0 aliphatic rings. The summed E-state index contributed by atoms with van der Waals surface area (Å²) in [5.41, 5.74) is 2.82. The molecule has 1 atom stereocenters. The smallest absolute Gasteiger partial charge is 0.247 e. The van der Waals surface area contributed by atoms with Crippen LogP contribution < -0.4 is 14.4 Å². The van der Waals surface area contributed by atoms with E-state index < -0.39 is 22.0 Å². The highest BCUT2D eigenvalue weighted by Crippen LogP contribution is 2.25. The summed E-state index contributed by atoms with van der Waals surface area (Å²) in [5.74, 6) is 0.144. The van der Waals surface area contributed by atoms with Crippen LogP contribution in [0.4, 0.5) is 11.4 Å². The maximum Gasteiger partial charge on any atom is 0.247 e. The van der Waals surface area contributed by atoms with Crippen molar-refractivity contribution in [3.05, 3.63) is 66.2 Å². The summed E-state index contributed by atoms with van der Waals surface area (Å²) in [7, 11) is -3.67. The normalized spacial score (nSPS) is 12.1. The van der Waals surface area contributed by atoms with Crippen LogP contribution in [-0.2, 0) is 14.8 Å². The SMILES string of the molecule is C=CCOc1cccc(NC(=O)[C@@H](C)N(c2cc(C)cc(C)c2)S(C)(=O)=O)c1. The molecule has 0 saturated carbocycles. The second kappa shape index (κ2) is 8.93. The Morgan fingerprint density at radius 1 is 1.21 bits per heavy atom. The van der Waals surface area contributed by atoms with Crippen molar-refractivity contribution in [2.45, 2.75) is 26.8 Å². The van der Waals surface area contributed by atoms with E-state index in [0.29, 0.717) is 23.7 Å². The van der Waals surface area contributed by atoms with Crippen LogP contribution in [-0.4, -0.2) is 33.2 Å². The molecule has 0 fully saturated rings. The lowest BCUT2D eigenvalue weighted by molar-refractivity contribution is -0.116. The minimum atomic E-state index is -3.67. The molecule has 6 nitrogen and oxygen atoms in total. The zero-order chi connectivity index (χ0) is 20.9. The third-order valence-corrected chi connectivity index (χ3v) is 5.26. The van der Waals surface area contributed by atoms with Crippen LogP contribution in [0.15, 0.2) is 55.1 Å². The van der Waals surface area contributed by atoms with Gasteiger partial charge in [-0.2, -0.15) is 0 Å². The minimum absolute atomic E-state index is 0.350. The van der Waals surface area contributed by atoms with Gasteiger partial charge in [0.1, 0.15) is 18.4 Å². The quantitative estimate of drug-likeness (QED) is 0.684. The van der Waals surface area contributed by atoms with Crippen molar-refractivity contribution in [2.24, 2.45) is 0 Å². The molecular weight excluding hydrogens is 376 g/mol. The number of hydrogen-bond acceptors (Lipinski definition) is 4. The van der Waals surface area contributed by atoms with Crippen molar-refractivity contribution < 1.29 is 17.9 Å². The van der Waals surface area contributed by atoms with Crippen molar-refractivity contribution in [3.8, 4) is 5.75 Å². The van der Waals surface area contributed by atoms with Gasteiger partial charge in [0.15, 0.2) is 0 Å². The number of sulfonamides is 1. The van der Waals surface area contributed by atoms with E-state index in [1.54, 1.807) is 49.4 Å². The lowest BCUT2D eigenvalue weighted by atomic mass is 10.1. The number of rotatable bonds is 8. The van der Waals surface area contributed by atoms with Gasteiger partial charge in [-0.05, 0) is 56.2 Å². The van der Waals surface area contributed by atoms with Crippen LogP contribution >= 0.6 is 0 Å². The zero-order valence-corrected chi connectivity index (χ0v) is 17.4. The number of hydrogen-bond donors (Lipinski definition) is 1.